The third-order valence-electron chi connectivity index (χ3n) is 2.39. The van der Waals surface area contributed by atoms with Gasteiger partial charge in [-0.05, 0) is 6.08 Å². The number of nitrogens with zero attached hydrogens (tertiary/aromatic N) is 1. The first-order valence-corrected chi connectivity index (χ1v) is 4.82. The van der Waals surface area contributed by atoms with E-state index >= 15 is 0 Å². The van der Waals surface area contributed by atoms with Gasteiger partial charge in [-0.3, -0.25) is 0 Å². The minimum atomic E-state index is 0.866. The molecule has 0 N–H and O–H groups in total. The number of morpholine rings is 1. The van der Waals surface area contributed by atoms with E-state index in [0.29, 0.717) is 0 Å². The summed E-state index contributed by atoms with van der Waals surface area (Å²) in [6, 6.07) is 0. The Labute approximate surface area is 79.2 Å². The van der Waals surface area contributed by atoms with Gasteiger partial charge in [0.15, 0.2) is 0 Å². The van der Waals surface area contributed by atoms with E-state index in [1.54, 1.807) is 0 Å². The van der Waals surface area contributed by atoms with Crippen molar-refractivity contribution in [3.63, 3.8) is 0 Å². The highest BCUT2D eigenvalue weighted by Gasteiger charge is 2.12. The molecular weight excluding hydrogens is 162 g/mol. The third-order valence-corrected chi connectivity index (χ3v) is 2.39. The first kappa shape index (κ1) is 8.57. The van der Waals surface area contributed by atoms with Crippen LogP contribution in [-0.4, -0.2) is 31.2 Å². The van der Waals surface area contributed by atoms with Crippen LogP contribution in [0, 0.1) is 0 Å². The summed E-state index contributed by atoms with van der Waals surface area (Å²) in [5.74, 6) is 0. The SMILES string of the molecule is C1=CC=C(N2CCOCC2)CC=C1. The van der Waals surface area contributed by atoms with Gasteiger partial charge in [0, 0.05) is 25.2 Å². The molecule has 1 heterocycles. The molecule has 0 atom stereocenters. The molecule has 2 rings (SSSR count). The Hall–Kier alpha value is -1.02. The van der Waals surface area contributed by atoms with Crippen LogP contribution < -0.4 is 0 Å². The zero-order chi connectivity index (χ0) is 8.93. The Morgan fingerprint density at radius 1 is 1.08 bits per heavy atom. The Balaban J connectivity index is 2.01. The van der Waals surface area contributed by atoms with Crippen LogP contribution in [0.5, 0.6) is 0 Å². The van der Waals surface area contributed by atoms with Crippen LogP contribution in [0.4, 0.5) is 0 Å². The molecule has 1 fully saturated rings. The summed E-state index contributed by atoms with van der Waals surface area (Å²) in [4.78, 5) is 2.41. The summed E-state index contributed by atoms with van der Waals surface area (Å²) in [5, 5.41) is 0. The van der Waals surface area contributed by atoms with Gasteiger partial charge in [-0.25, -0.2) is 0 Å². The second-order valence-electron chi connectivity index (χ2n) is 3.27. The topological polar surface area (TPSA) is 12.5 Å². The highest BCUT2D eigenvalue weighted by Crippen LogP contribution is 2.14. The largest absolute Gasteiger partial charge is 0.378 e. The van der Waals surface area contributed by atoms with Gasteiger partial charge in [0.1, 0.15) is 0 Å². The Bertz CT molecular complexity index is 247. The van der Waals surface area contributed by atoms with E-state index < -0.39 is 0 Å². The maximum Gasteiger partial charge on any atom is 0.0642 e. The molecular formula is C11H15NO. The molecule has 2 heteroatoms. The van der Waals surface area contributed by atoms with E-state index in [-0.39, 0.29) is 0 Å². The summed E-state index contributed by atoms with van der Waals surface area (Å²) < 4.78 is 5.32. The van der Waals surface area contributed by atoms with Gasteiger partial charge < -0.3 is 9.64 Å². The van der Waals surface area contributed by atoms with E-state index in [9.17, 15) is 0 Å². The molecule has 1 saturated heterocycles. The molecule has 0 aromatic carbocycles. The molecule has 2 aliphatic rings. The van der Waals surface area contributed by atoms with Crippen molar-refractivity contribution in [2.75, 3.05) is 26.3 Å². The van der Waals surface area contributed by atoms with Gasteiger partial charge in [-0.1, -0.05) is 24.3 Å². The van der Waals surface area contributed by atoms with Crippen LogP contribution in [0.2, 0.25) is 0 Å². The van der Waals surface area contributed by atoms with Crippen LogP contribution in [-0.2, 0) is 4.74 Å². The predicted octanol–water partition coefficient (Wildman–Crippen LogP) is 1.72. The highest BCUT2D eigenvalue weighted by molar-refractivity contribution is 5.22. The molecule has 0 radical (unpaired) electrons. The first-order valence-electron chi connectivity index (χ1n) is 4.82. The van der Waals surface area contributed by atoms with Crippen LogP contribution in [0.25, 0.3) is 0 Å². The van der Waals surface area contributed by atoms with Gasteiger partial charge in [-0.15, -0.1) is 0 Å². The maximum absolute atomic E-state index is 5.32. The minimum Gasteiger partial charge on any atom is -0.378 e. The summed E-state index contributed by atoms with van der Waals surface area (Å²) in [7, 11) is 0. The molecule has 2 nitrogen and oxygen atoms in total. The fourth-order valence-corrected chi connectivity index (χ4v) is 1.65. The second-order valence-corrected chi connectivity index (χ2v) is 3.27. The third kappa shape index (κ3) is 2.22. The first-order chi connectivity index (χ1) is 6.47. The Morgan fingerprint density at radius 3 is 2.77 bits per heavy atom. The molecule has 0 amide bonds. The van der Waals surface area contributed by atoms with Crippen LogP contribution in [0.3, 0.4) is 0 Å². The zero-order valence-electron chi connectivity index (χ0n) is 7.78. The lowest BCUT2D eigenvalue weighted by atomic mass is 10.2. The smallest absolute Gasteiger partial charge is 0.0642 e. The van der Waals surface area contributed by atoms with E-state index in [0.717, 1.165) is 32.7 Å². The van der Waals surface area contributed by atoms with Crippen molar-refractivity contribution in [1.82, 2.24) is 4.90 Å². The van der Waals surface area contributed by atoms with Gasteiger partial charge in [0.2, 0.25) is 0 Å². The fourth-order valence-electron chi connectivity index (χ4n) is 1.65. The molecule has 0 unspecified atom stereocenters. The zero-order valence-corrected chi connectivity index (χ0v) is 7.78. The van der Waals surface area contributed by atoms with E-state index in [1.165, 1.54) is 5.70 Å². The highest BCUT2D eigenvalue weighted by atomic mass is 16.5. The van der Waals surface area contributed by atoms with Crippen molar-refractivity contribution in [3.05, 3.63) is 36.1 Å². The number of rotatable bonds is 1. The van der Waals surface area contributed by atoms with Crippen molar-refractivity contribution < 1.29 is 4.74 Å². The second kappa shape index (κ2) is 4.28. The Morgan fingerprint density at radius 2 is 1.92 bits per heavy atom. The molecule has 0 aromatic heterocycles. The van der Waals surface area contributed by atoms with Crippen LogP contribution in [0.1, 0.15) is 6.42 Å². The maximum atomic E-state index is 5.32. The molecule has 0 spiro atoms. The predicted molar refractivity (Wildman–Crippen MR) is 53.4 cm³/mol. The van der Waals surface area contributed by atoms with E-state index in [4.69, 9.17) is 4.74 Å². The normalized spacial score (nSPS) is 22.8. The quantitative estimate of drug-likeness (QED) is 0.604. The molecule has 70 valence electrons. The number of ether oxygens (including phenoxy) is 1. The molecule has 1 aliphatic carbocycles. The van der Waals surface area contributed by atoms with Crippen LogP contribution in [0.15, 0.2) is 36.1 Å². The summed E-state index contributed by atoms with van der Waals surface area (Å²) in [5.41, 5.74) is 1.41. The van der Waals surface area contributed by atoms with Gasteiger partial charge in [0.25, 0.3) is 0 Å². The van der Waals surface area contributed by atoms with Crippen molar-refractivity contribution in [3.8, 4) is 0 Å². The average molecular weight is 177 g/mol. The lowest BCUT2D eigenvalue weighted by molar-refractivity contribution is 0.0528. The Kier molecular flexibility index (Phi) is 2.82. The minimum absolute atomic E-state index is 0.866. The number of hydrogen-bond acceptors (Lipinski definition) is 2. The van der Waals surface area contributed by atoms with E-state index in [2.05, 4.69) is 35.3 Å². The van der Waals surface area contributed by atoms with Crippen molar-refractivity contribution in [2.24, 2.45) is 0 Å². The van der Waals surface area contributed by atoms with Crippen molar-refractivity contribution in [1.29, 1.82) is 0 Å². The molecule has 13 heavy (non-hydrogen) atoms. The lowest BCUT2D eigenvalue weighted by Gasteiger charge is -2.30. The van der Waals surface area contributed by atoms with Crippen LogP contribution >= 0.6 is 0 Å². The molecule has 0 bridgehead atoms. The monoisotopic (exact) mass is 177 g/mol. The van der Waals surface area contributed by atoms with Crippen molar-refractivity contribution >= 4 is 0 Å². The summed E-state index contributed by atoms with van der Waals surface area (Å²) >= 11 is 0. The molecule has 0 aromatic rings. The van der Waals surface area contributed by atoms with Crippen molar-refractivity contribution in [2.45, 2.75) is 6.42 Å². The summed E-state index contributed by atoms with van der Waals surface area (Å²) in [6.07, 6.45) is 11.7. The standard InChI is InChI=1S/C11H15NO/c1-2-4-6-11(5-3-1)12-7-9-13-10-8-12/h1-5H,6-10H2. The fraction of sp³-hybridized carbons (Fsp3) is 0.455. The molecule has 0 saturated carbocycles. The summed E-state index contributed by atoms with van der Waals surface area (Å²) in [6.45, 7) is 3.80. The number of allylic oxidation sites excluding steroid dienone is 5. The van der Waals surface area contributed by atoms with Gasteiger partial charge in [0.05, 0.1) is 13.2 Å². The lowest BCUT2D eigenvalue weighted by Crippen LogP contribution is -2.35. The van der Waals surface area contributed by atoms with Gasteiger partial charge in [-0.2, -0.15) is 0 Å². The average Bonchev–Trinajstić information content (AvgIpc) is 2.47. The molecule has 1 aliphatic heterocycles. The van der Waals surface area contributed by atoms with E-state index in [1.807, 2.05) is 0 Å². The van der Waals surface area contributed by atoms with Gasteiger partial charge >= 0.3 is 0 Å². The number of hydrogen-bond donors (Lipinski definition) is 0.